The number of hydrogen-bond donors (Lipinski definition) is 1. The van der Waals surface area contributed by atoms with Gasteiger partial charge >= 0.3 is 0 Å². The summed E-state index contributed by atoms with van der Waals surface area (Å²) in [5.74, 6) is 0.737. The van der Waals surface area contributed by atoms with Crippen LogP contribution < -0.4 is 5.73 Å². The van der Waals surface area contributed by atoms with E-state index >= 15 is 0 Å². The average molecular weight is 478 g/mol. The molecule has 4 aromatic heterocycles. The molecule has 4 aromatic rings. The third-order valence-electron chi connectivity index (χ3n) is 4.95. The summed E-state index contributed by atoms with van der Waals surface area (Å²) in [5.41, 5.74) is 9.19. The molecule has 31 heavy (non-hydrogen) atoms. The molecule has 1 atom stereocenters. The van der Waals surface area contributed by atoms with E-state index in [1.807, 2.05) is 32.0 Å². The van der Waals surface area contributed by atoms with E-state index in [1.54, 1.807) is 41.8 Å². The molecule has 0 aliphatic carbocycles. The molecule has 9 heteroatoms. The summed E-state index contributed by atoms with van der Waals surface area (Å²) in [7, 11) is 0. The molecule has 0 aliphatic rings. The van der Waals surface area contributed by atoms with Crippen LogP contribution in [-0.4, -0.2) is 35.7 Å². The molecule has 0 fully saturated rings. The first-order valence-corrected chi connectivity index (χ1v) is 10.4. The van der Waals surface area contributed by atoms with E-state index in [2.05, 4.69) is 40.8 Å². The summed E-state index contributed by atoms with van der Waals surface area (Å²) in [5, 5.41) is 0. The Morgan fingerprint density at radius 3 is 2.58 bits per heavy atom. The predicted octanol–water partition coefficient (Wildman–Crippen LogP) is 3.87. The Labute approximate surface area is 187 Å². The minimum Gasteiger partial charge on any atom is -0.383 e. The largest absolute Gasteiger partial charge is 0.383 e. The lowest BCUT2D eigenvalue weighted by Crippen LogP contribution is -2.34. The quantitative estimate of drug-likeness (QED) is 0.464. The van der Waals surface area contributed by atoms with Gasteiger partial charge < -0.3 is 10.6 Å². The summed E-state index contributed by atoms with van der Waals surface area (Å²) in [6, 6.07) is 8.68. The molecule has 0 saturated carbocycles. The Morgan fingerprint density at radius 2 is 1.87 bits per heavy atom. The van der Waals surface area contributed by atoms with Gasteiger partial charge in [-0.2, -0.15) is 0 Å². The van der Waals surface area contributed by atoms with E-state index < -0.39 is 0 Å². The summed E-state index contributed by atoms with van der Waals surface area (Å²) in [6.45, 7) is 4.05. The van der Waals surface area contributed by atoms with Crippen LogP contribution in [-0.2, 0) is 6.54 Å². The van der Waals surface area contributed by atoms with Crippen LogP contribution in [0.4, 0.5) is 5.82 Å². The predicted molar refractivity (Wildman–Crippen MR) is 121 cm³/mol. The van der Waals surface area contributed by atoms with Crippen LogP contribution in [0, 0.1) is 6.92 Å². The second-order valence-electron chi connectivity index (χ2n) is 7.14. The van der Waals surface area contributed by atoms with E-state index in [1.165, 1.54) is 0 Å². The first-order chi connectivity index (χ1) is 14.9. The number of aryl methyl sites for hydroxylation is 1. The maximum Gasteiger partial charge on any atom is 0.256 e. The van der Waals surface area contributed by atoms with Gasteiger partial charge in [-0.1, -0.05) is 0 Å². The third kappa shape index (κ3) is 4.51. The number of rotatable bonds is 5. The number of anilines is 1. The molecule has 0 spiro atoms. The number of nitrogens with zero attached hydrogens (tertiary/aromatic N) is 6. The fourth-order valence-corrected chi connectivity index (χ4v) is 3.40. The van der Waals surface area contributed by atoms with Crippen LogP contribution in [0.5, 0.6) is 0 Å². The monoisotopic (exact) mass is 477 g/mol. The Morgan fingerprint density at radius 1 is 1.10 bits per heavy atom. The van der Waals surface area contributed by atoms with Gasteiger partial charge in [0.15, 0.2) is 0 Å². The van der Waals surface area contributed by atoms with Crippen molar-refractivity contribution >= 4 is 38.7 Å². The van der Waals surface area contributed by atoms with E-state index in [4.69, 9.17) is 5.73 Å². The smallest absolute Gasteiger partial charge is 0.256 e. The van der Waals surface area contributed by atoms with Gasteiger partial charge in [0.2, 0.25) is 0 Å². The van der Waals surface area contributed by atoms with Crippen molar-refractivity contribution in [2.24, 2.45) is 0 Å². The molecule has 0 bridgehead atoms. The zero-order chi connectivity index (χ0) is 22.0. The van der Waals surface area contributed by atoms with Crippen molar-refractivity contribution in [3.63, 3.8) is 0 Å². The number of amides is 1. The first kappa shape index (κ1) is 20.8. The maximum absolute atomic E-state index is 13.6. The van der Waals surface area contributed by atoms with Gasteiger partial charge in [-0.15, -0.1) is 0 Å². The number of carbonyl (C=O) groups excluding carboxylic acids is 1. The minimum absolute atomic E-state index is 0.222. The van der Waals surface area contributed by atoms with Crippen LogP contribution in [0.15, 0.2) is 59.6 Å². The van der Waals surface area contributed by atoms with Gasteiger partial charge in [-0.05, 0) is 65.7 Å². The van der Waals surface area contributed by atoms with Crippen molar-refractivity contribution < 1.29 is 4.79 Å². The standard InChI is InChI=1S/C22H20BrN7O/c1-13-8-18-19(29-20(13)24)9-15(10-28-18)22(31)30(12-17-5-4-16(23)11-27-17)14(2)21-25-6-3-7-26-21/h3-11,14H,12H2,1-2H3,(H2,24,29)/t14-/m0/s1. The van der Waals surface area contributed by atoms with E-state index in [-0.39, 0.29) is 18.5 Å². The molecule has 1 amide bonds. The summed E-state index contributed by atoms with van der Waals surface area (Å²) >= 11 is 3.39. The van der Waals surface area contributed by atoms with Crippen molar-refractivity contribution in [2.45, 2.75) is 26.4 Å². The Hall–Kier alpha value is -3.46. The number of nitrogens with two attached hydrogens (primary N) is 1. The van der Waals surface area contributed by atoms with Crippen molar-refractivity contribution in [2.75, 3.05) is 5.73 Å². The molecular formula is C22H20BrN7O. The highest BCUT2D eigenvalue weighted by Crippen LogP contribution is 2.24. The minimum atomic E-state index is -0.383. The molecule has 4 heterocycles. The molecule has 0 radical (unpaired) electrons. The number of aromatic nitrogens is 5. The van der Waals surface area contributed by atoms with Gasteiger partial charge in [0.1, 0.15) is 11.6 Å². The number of carbonyl (C=O) groups is 1. The summed E-state index contributed by atoms with van der Waals surface area (Å²) < 4.78 is 0.867. The average Bonchev–Trinajstić information content (AvgIpc) is 2.79. The zero-order valence-corrected chi connectivity index (χ0v) is 18.6. The molecule has 8 nitrogen and oxygen atoms in total. The van der Waals surface area contributed by atoms with Crippen LogP contribution >= 0.6 is 15.9 Å². The molecule has 0 aromatic carbocycles. The van der Waals surface area contributed by atoms with E-state index in [0.717, 1.165) is 15.7 Å². The number of hydrogen-bond acceptors (Lipinski definition) is 7. The third-order valence-corrected chi connectivity index (χ3v) is 5.42. The normalized spacial score (nSPS) is 12.0. The molecule has 0 saturated heterocycles. The van der Waals surface area contributed by atoms with E-state index in [9.17, 15) is 4.79 Å². The molecule has 2 N–H and O–H groups in total. The molecule has 0 unspecified atom stereocenters. The zero-order valence-electron chi connectivity index (χ0n) is 17.0. The summed E-state index contributed by atoms with van der Waals surface area (Å²) in [4.78, 5) is 37.1. The SMILES string of the molecule is Cc1cc2ncc(C(=O)N(Cc3ccc(Br)cn3)[C@@H](C)c3ncccn3)cc2nc1N. The first-order valence-electron chi connectivity index (χ1n) is 9.63. The van der Waals surface area contributed by atoms with Gasteiger partial charge in [0.05, 0.1) is 34.9 Å². The second-order valence-corrected chi connectivity index (χ2v) is 8.05. The lowest BCUT2D eigenvalue weighted by atomic mass is 10.1. The Kier molecular flexibility index (Phi) is 5.85. The van der Waals surface area contributed by atoms with Crippen molar-refractivity contribution in [3.8, 4) is 0 Å². The topological polar surface area (TPSA) is 111 Å². The van der Waals surface area contributed by atoms with Crippen LogP contribution in [0.1, 0.15) is 40.4 Å². The fourth-order valence-electron chi connectivity index (χ4n) is 3.17. The van der Waals surface area contributed by atoms with Gasteiger partial charge in [0, 0.05) is 29.3 Å². The van der Waals surface area contributed by atoms with Crippen molar-refractivity contribution in [1.29, 1.82) is 0 Å². The van der Waals surface area contributed by atoms with Crippen LogP contribution in [0.2, 0.25) is 0 Å². The molecule has 156 valence electrons. The van der Waals surface area contributed by atoms with Crippen LogP contribution in [0.25, 0.3) is 11.0 Å². The lowest BCUT2D eigenvalue weighted by Gasteiger charge is -2.28. The number of pyridine rings is 3. The Balaban J connectivity index is 1.72. The highest BCUT2D eigenvalue weighted by atomic mass is 79.9. The Bertz CT molecular complexity index is 1230. The fraction of sp³-hybridized carbons (Fsp3) is 0.182. The van der Waals surface area contributed by atoms with Gasteiger partial charge in [0.25, 0.3) is 5.91 Å². The van der Waals surface area contributed by atoms with E-state index in [0.29, 0.717) is 28.2 Å². The maximum atomic E-state index is 13.6. The van der Waals surface area contributed by atoms with Crippen LogP contribution in [0.3, 0.4) is 0 Å². The number of fused-ring (bicyclic) bond motifs is 1. The highest BCUT2D eigenvalue weighted by molar-refractivity contribution is 9.10. The van der Waals surface area contributed by atoms with Crippen molar-refractivity contribution in [1.82, 2.24) is 29.8 Å². The van der Waals surface area contributed by atoms with Gasteiger partial charge in [-0.25, -0.2) is 15.0 Å². The number of nitrogen functional groups attached to an aromatic ring is 1. The van der Waals surface area contributed by atoms with Gasteiger partial charge in [-0.3, -0.25) is 14.8 Å². The summed E-state index contributed by atoms with van der Waals surface area (Å²) in [6.07, 6.45) is 6.58. The molecular weight excluding hydrogens is 458 g/mol. The van der Waals surface area contributed by atoms with Crippen molar-refractivity contribution in [3.05, 3.63) is 82.2 Å². The lowest BCUT2D eigenvalue weighted by molar-refractivity contribution is 0.0663. The molecule has 0 aliphatic heterocycles. The molecule has 4 rings (SSSR count). The highest BCUT2D eigenvalue weighted by Gasteiger charge is 2.26. The number of halogens is 1. The second kappa shape index (κ2) is 8.73.